The lowest BCUT2D eigenvalue weighted by atomic mass is 10.1. The van der Waals surface area contributed by atoms with Crippen LogP contribution in [-0.2, 0) is 5.75 Å². The largest absolute Gasteiger partial charge is 0.411 e. The third-order valence-corrected chi connectivity index (χ3v) is 4.16. The molecule has 116 valence electrons. The number of amides is 1. The molecule has 1 amide bonds. The summed E-state index contributed by atoms with van der Waals surface area (Å²) >= 11 is 1.45. The molecule has 2 N–H and O–H groups in total. The van der Waals surface area contributed by atoms with Crippen molar-refractivity contribution in [3.8, 4) is 11.5 Å². The van der Waals surface area contributed by atoms with E-state index in [1.54, 1.807) is 12.1 Å². The number of aromatic nitrogens is 2. The first-order valence-corrected chi connectivity index (χ1v) is 8.02. The van der Waals surface area contributed by atoms with Crippen LogP contribution in [0.15, 0.2) is 58.2 Å². The first-order chi connectivity index (χ1) is 11.1. The predicted octanol–water partition coefficient (Wildman–Crippen LogP) is 3.44. The molecule has 0 aliphatic carbocycles. The number of rotatable bonds is 5. The van der Waals surface area contributed by atoms with Gasteiger partial charge in [0.05, 0.1) is 0 Å². The summed E-state index contributed by atoms with van der Waals surface area (Å²) in [5.41, 5.74) is 8.82. The molecule has 1 heterocycles. The Bertz CT molecular complexity index is 828. The second-order valence-corrected chi connectivity index (χ2v) is 6.02. The maximum atomic E-state index is 11.0. The average molecular weight is 325 g/mol. The van der Waals surface area contributed by atoms with Crippen LogP contribution in [0.3, 0.4) is 0 Å². The van der Waals surface area contributed by atoms with Crippen molar-refractivity contribution in [3.63, 3.8) is 0 Å². The molecule has 1 aromatic heterocycles. The number of carbonyl (C=O) groups is 1. The van der Waals surface area contributed by atoms with E-state index in [0.29, 0.717) is 22.4 Å². The minimum absolute atomic E-state index is 0.427. The third-order valence-electron chi connectivity index (χ3n) is 3.27. The van der Waals surface area contributed by atoms with Gasteiger partial charge < -0.3 is 10.2 Å². The van der Waals surface area contributed by atoms with Gasteiger partial charge >= 0.3 is 0 Å². The molecule has 0 bridgehead atoms. The first kappa shape index (κ1) is 15.3. The van der Waals surface area contributed by atoms with Crippen LogP contribution < -0.4 is 5.73 Å². The van der Waals surface area contributed by atoms with Crippen molar-refractivity contribution in [2.45, 2.75) is 17.9 Å². The molecule has 0 spiro atoms. The smallest absolute Gasteiger partial charge is 0.277 e. The van der Waals surface area contributed by atoms with Crippen LogP contribution in [0.2, 0.25) is 0 Å². The van der Waals surface area contributed by atoms with E-state index in [2.05, 4.69) is 10.2 Å². The zero-order valence-electron chi connectivity index (χ0n) is 12.5. The van der Waals surface area contributed by atoms with Gasteiger partial charge in [-0.1, -0.05) is 41.6 Å². The fraction of sp³-hybridized carbons (Fsp3) is 0.118. The summed E-state index contributed by atoms with van der Waals surface area (Å²) in [6.07, 6.45) is 0. The van der Waals surface area contributed by atoms with E-state index in [1.807, 2.05) is 43.3 Å². The van der Waals surface area contributed by atoms with Gasteiger partial charge in [-0.2, -0.15) is 0 Å². The SMILES string of the molecule is Cc1cccc(-c2nnc(SCc3ccc(C(N)=O)cc3)o2)c1. The number of carbonyl (C=O) groups excluding carboxylic acids is 1. The van der Waals surface area contributed by atoms with Gasteiger partial charge in [-0.3, -0.25) is 4.79 Å². The molecule has 0 unspecified atom stereocenters. The van der Waals surface area contributed by atoms with Crippen molar-refractivity contribution < 1.29 is 9.21 Å². The Morgan fingerprint density at radius 3 is 2.65 bits per heavy atom. The summed E-state index contributed by atoms with van der Waals surface area (Å²) in [7, 11) is 0. The Kier molecular flexibility index (Phi) is 4.43. The van der Waals surface area contributed by atoms with E-state index in [1.165, 1.54) is 11.8 Å². The number of hydrogen-bond donors (Lipinski definition) is 1. The Morgan fingerprint density at radius 2 is 1.96 bits per heavy atom. The van der Waals surface area contributed by atoms with Crippen LogP contribution in [0.5, 0.6) is 0 Å². The number of hydrogen-bond acceptors (Lipinski definition) is 5. The molecule has 0 saturated heterocycles. The number of nitrogens with zero attached hydrogens (tertiary/aromatic N) is 2. The van der Waals surface area contributed by atoms with E-state index in [-0.39, 0.29) is 0 Å². The molecule has 0 aliphatic rings. The van der Waals surface area contributed by atoms with Crippen LogP contribution >= 0.6 is 11.8 Å². The Hall–Kier alpha value is -2.60. The second-order valence-electron chi connectivity index (χ2n) is 5.09. The number of thioether (sulfide) groups is 1. The molecule has 3 rings (SSSR count). The van der Waals surface area contributed by atoms with Crippen LogP contribution in [-0.4, -0.2) is 16.1 Å². The Labute approximate surface area is 137 Å². The summed E-state index contributed by atoms with van der Waals surface area (Å²) in [6, 6.07) is 15.1. The summed E-state index contributed by atoms with van der Waals surface area (Å²) in [4.78, 5) is 11.0. The lowest BCUT2D eigenvalue weighted by molar-refractivity contribution is 0.100. The zero-order chi connectivity index (χ0) is 16.2. The molecule has 2 aromatic carbocycles. The predicted molar refractivity (Wildman–Crippen MR) is 89.0 cm³/mol. The molecule has 23 heavy (non-hydrogen) atoms. The maximum Gasteiger partial charge on any atom is 0.277 e. The van der Waals surface area contributed by atoms with Gasteiger partial charge in [0.15, 0.2) is 0 Å². The fourth-order valence-electron chi connectivity index (χ4n) is 2.07. The topological polar surface area (TPSA) is 82.0 Å². The summed E-state index contributed by atoms with van der Waals surface area (Å²) in [5.74, 6) is 0.762. The molecule has 0 fully saturated rings. The van der Waals surface area contributed by atoms with E-state index in [9.17, 15) is 4.79 Å². The van der Waals surface area contributed by atoms with Gasteiger partial charge in [-0.15, -0.1) is 10.2 Å². The van der Waals surface area contributed by atoms with Crippen molar-refractivity contribution in [1.29, 1.82) is 0 Å². The molecule has 0 saturated carbocycles. The van der Waals surface area contributed by atoms with Gasteiger partial charge in [0.2, 0.25) is 11.8 Å². The highest BCUT2D eigenvalue weighted by Gasteiger charge is 2.09. The van der Waals surface area contributed by atoms with Crippen LogP contribution in [0.4, 0.5) is 0 Å². The van der Waals surface area contributed by atoms with Crippen LogP contribution in [0.25, 0.3) is 11.5 Å². The minimum atomic E-state index is -0.427. The quantitative estimate of drug-likeness (QED) is 0.727. The van der Waals surface area contributed by atoms with Crippen molar-refractivity contribution in [3.05, 3.63) is 65.2 Å². The highest BCUT2D eigenvalue weighted by molar-refractivity contribution is 7.98. The van der Waals surface area contributed by atoms with Gasteiger partial charge in [-0.25, -0.2) is 0 Å². The van der Waals surface area contributed by atoms with Gasteiger partial charge in [0, 0.05) is 16.9 Å². The maximum absolute atomic E-state index is 11.0. The van der Waals surface area contributed by atoms with E-state index in [4.69, 9.17) is 10.2 Å². The Balaban J connectivity index is 1.66. The molecule has 0 aliphatic heterocycles. The number of aryl methyl sites for hydroxylation is 1. The van der Waals surface area contributed by atoms with E-state index >= 15 is 0 Å². The monoisotopic (exact) mass is 325 g/mol. The molecule has 0 atom stereocenters. The number of primary amides is 1. The summed E-state index contributed by atoms with van der Waals surface area (Å²) < 4.78 is 5.68. The Morgan fingerprint density at radius 1 is 1.17 bits per heavy atom. The average Bonchev–Trinajstić information content (AvgIpc) is 3.02. The lowest BCUT2D eigenvalue weighted by Crippen LogP contribution is -2.10. The molecular weight excluding hydrogens is 310 g/mol. The number of nitrogens with two attached hydrogens (primary N) is 1. The highest BCUT2D eigenvalue weighted by atomic mass is 32.2. The van der Waals surface area contributed by atoms with Crippen molar-refractivity contribution in [2.75, 3.05) is 0 Å². The van der Waals surface area contributed by atoms with Crippen molar-refractivity contribution in [1.82, 2.24) is 10.2 Å². The van der Waals surface area contributed by atoms with Gasteiger partial charge in [0.25, 0.3) is 5.22 Å². The molecule has 0 radical (unpaired) electrons. The molecule has 5 nitrogen and oxygen atoms in total. The highest BCUT2D eigenvalue weighted by Crippen LogP contribution is 2.26. The van der Waals surface area contributed by atoms with Crippen molar-refractivity contribution in [2.24, 2.45) is 5.73 Å². The van der Waals surface area contributed by atoms with Crippen LogP contribution in [0, 0.1) is 6.92 Å². The minimum Gasteiger partial charge on any atom is -0.411 e. The van der Waals surface area contributed by atoms with E-state index in [0.717, 1.165) is 16.7 Å². The number of benzene rings is 2. The normalized spacial score (nSPS) is 10.7. The van der Waals surface area contributed by atoms with Gasteiger partial charge in [-0.05, 0) is 36.8 Å². The first-order valence-electron chi connectivity index (χ1n) is 7.04. The fourth-order valence-corrected chi connectivity index (χ4v) is 2.79. The molecular formula is C17H15N3O2S. The van der Waals surface area contributed by atoms with Crippen molar-refractivity contribution >= 4 is 17.7 Å². The van der Waals surface area contributed by atoms with Gasteiger partial charge in [0.1, 0.15) is 0 Å². The zero-order valence-corrected chi connectivity index (χ0v) is 13.3. The third kappa shape index (κ3) is 3.78. The standard InChI is InChI=1S/C17H15N3O2S/c1-11-3-2-4-14(9-11)16-19-20-17(22-16)23-10-12-5-7-13(8-6-12)15(18)21/h2-9H,10H2,1H3,(H2,18,21). The second kappa shape index (κ2) is 6.66. The molecule has 6 heteroatoms. The lowest BCUT2D eigenvalue weighted by Gasteiger charge is -2.00. The van der Waals surface area contributed by atoms with E-state index < -0.39 is 5.91 Å². The summed E-state index contributed by atoms with van der Waals surface area (Å²) in [5, 5.41) is 8.65. The van der Waals surface area contributed by atoms with Crippen LogP contribution in [0.1, 0.15) is 21.5 Å². The molecule has 3 aromatic rings. The summed E-state index contributed by atoms with van der Waals surface area (Å²) in [6.45, 7) is 2.02.